The summed E-state index contributed by atoms with van der Waals surface area (Å²) in [5.74, 6) is -1.96. The second-order valence-corrected chi connectivity index (χ2v) is 0.983. The van der Waals surface area contributed by atoms with Crippen molar-refractivity contribution in [1.29, 1.82) is 0 Å². The first kappa shape index (κ1) is 10.8. The van der Waals surface area contributed by atoms with Gasteiger partial charge in [0.2, 0.25) is 0 Å². The fraction of sp³-hybridized carbons (Fsp3) is 0.500. The Bertz CT molecular complexity index is 93.5. The number of carbonyl (C=O) groups is 2. The van der Waals surface area contributed by atoms with Crippen LogP contribution in [-0.4, -0.2) is 31.6 Å². The first-order valence-corrected chi connectivity index (χ1v) is 1.88. The highest BCUT2D eigenvalue weighted by atomic mass is 16.6. The second kappa shape index (κ2) is 5.04. The highest BCUT2D eigenvalue weighted by molar-refractivity contribution is 6.29. The molecule has 0 radical (unpaired) electrons. The Morgan fingerprint density at radius 1 is 1.00 bits per heavy atom. The summed E-state index contributed by atoms with van der Waals surface area (Å²) in [5, 5.41) is 0. The van der Waals surface area contributed by atoms with Crippen LogP contribution >= 0.6 is 0 Å². The minimum absolute atomic E-state index is 0. The molecule has 0 unspecified atom stereocenters. The van der Waals surface area contributed by atoms with E-state index in [1.165, 1.54) is 0 Å². The van der Waals surface area contributed by atoms with E-state index < -0.39 is 11.9 Å². The highest BCUT2D eigenvalue weighted by Gasteiger charge is 2.11. The average Bonchev–Trinajstić information content (AvgIpc) is 1.84. The minimum atomic E-state index is -0.979. The summed E-state index contributed by atoms with van der Waals surface area (Å²) in [7, 11) is 2.22. The molecular formula is C4H8O5. The van der Waals surface area contributed by atoms with Crippen LogP contribution in [0.25, 0.3) is 0 Å². The van der Waals surface area contributed by atoms with Crippen molar-refractivity contribution >= 4 is 11.9 Å². The van der Waals surface area contributed by atoms with E-state index in [1.54, 1.807) is 0 Å². The summed E-state index contributed by atoms with van der Waals surface area (Å²) in [6.45, 7) is 0. The summed E-state index contributed by atoms with van der Waals surface area (Å²) in [5.41, 5.74) is 0. The van der Waals surface area contributed by atoms with Crippen LogP contribution in [0.2, 0.25) is 0 Å². The minimum Gasteiger partial charge on any atom is -0.461 e. The molecule has 0 saturated heterocycles. The Labute approximate surface area is 51.9 Å². The number of rotatable bonds is 0. The van der Waals surface area contributed by atoms with Crippen LogP contribution in [0, 0.1) is 0 Å². The molecule has 0 bridgehead atoms. The molecule has 0 aromatic carbocycles. The van der Waals surface area contributed by atoms with Crippen molar-refractivity contribution in [3.8, 4) is 0 Å². The van der Waals surface area contributed by atoms with Crippen molar-refractivity contribution in [2.24, 2.45) is 0 Å². The normalized spacial score (nSPS) is 6.89. The van der Waals surface area contributed by atoms with E-state index in [-0.39, 0.29) is 5.48 Å². The van der Waals surface area contributed by atoms with Gasteiger partial charge in [-0.2, -0.15) is 0 Å². The van der Waals surface area contributed by atoms with Gasteiger partial charge in [-0.05, 0) is 0 Å². The lowest BCUT2D eigenvalue weighted by Gasteiger charge is -1.92. The molecule has 0 fully saturated rings. The molecule has 5 heteroatoms. The lowest BCUT2D eigenvalue weighted by atomic mass is 10.7. The van der Waals surface area contributed by atoms with E-state index >= 15 is 0 Å². The number of carbonyl (C=O) groups excluding carboxylic acids is 2. The molecule has 0 rings (SSSR count). The van der Waals surface area contributed by atoms with Crippen LogP contribution in [0.15, 0.2) is 0 Å². The average molecular weight is 136 g/mol. The Morgan fingerprint density at radius 3 is 1.33 bits per heavy atom. The Kier molecular flexibility index (Phi) is 6.06. The van der Waals surface area contributed by atoms with Crippen molar-refractivity contribution in [2.45, 2.75) is 0 Å². The van der Waals surface area contributed by atoms with E-state index in [9.17, 15) is 9.59 Å². The van der Waals surface area contributed by atoms with Gasteiger partial charge in [0.15, 0.2) is 0 Å². The molecular weight excluding hydrogens is 128 g/mol. The third kappa shape index (κ3) is 3.48. The Morgan fingerprint density at radius 2 is 1.22 bits per heavy atom. The maximum atomic E-state index is 10.0. The number of hydrogen-bond donors (Lipinski definition) is 0. The third-order valence-corrected chi connectivity index (χ3v) is 0.537. The molecule has 0 aliphatic heterocycles. The maximum Gasteiger partial charge on any atom is 0.417 e. The standard InChI is InChI=1S/C4H6O4.H2O/c1-7-3(5)4(6)8-2;/h1-2H3;1H2. The van der Waals surface area contributed by atoms with Gasteiger partial charge < -0.3 is 14.9 Å². The first-order valence-electron chi connectivity index (χ1n) is 1.88. The summed E-state index contributed by atoms with van der Waals surface area (Å²) < 4.78 is 7.98. The smallest absolute Gasteiger partial charge is 0.417 e. The lowest BCUT2D eigenvalue weighted by molar-refractivity contribution is -0.164. The second-order valence-electron chi connectivity index (χ2n) is 0.983. The van der Waals surface area contributed by atoms with Gasteiger partial charge in [-0.1, -0.05) is 0 Å². The summed E-state index contributed by atoms with van der Waals surface area (Å²) in [6, 6.07) is 0. The lowest BCUT2D eigenvalue weighted by Crippen LogP contribution is -2.16. The molecule has 0 aromatic rings. The van der Waals surface area contributed by atoms with Gasteiger partial charge in [0.1, 0.15) is 0 Å². The summed E-state index contributed by atoms with van der Waals surface area (Å²) in [6.07, 6.45) is 0. The van der Waals surface area contributed by atoms with Crippen molar-refractivity contribution < 1.29 is 24.5 Å². The van der Waals surface area contributed by atoms with Gasteiger partial charge in [-0.3, -0.25) is 0 Å². The van der Waals surface area contributed by atoms with Crippen LogP contribution in [-0.2, 0) is 19.1 Å². The molecule has 2 N–H and O–H groups in total. The molecule has 0 heterocycles. The van der Waals surface area contributed by atoms with Crippen molar-refractivity contribution in [1.82, 2.24) is 0 Å². The quantitative estimate of drug-likeness (QED) is 0.300. The van der Waals surface area contributed by atoms with E-state index in [0.29, 0.717) is 0 Å². The van der Waals surface area contributed by atoms with Crippen LogP contribution in [0.5, 0.6) is 0 Å². The number of methoxy groups -OCH3 is 2. The number of ether oxygens (including phenoxy) is 2. The summed E-state index contributed by atoms with van der Waals surface area (Å²) >= 11 is 0. The summed E-state index contributed by atoms with van der Waals surface area (Å²) in [4.78, 5) is 20.1. The SMILES string of the molecule is COC(=O)C(=O)OC.O. The van der Waals surface area contributed by atoms with E-state index in [1.807, 2.05) is 0 Å². The van der Waals surface area contributed by atoms with Crippen molar-refractivity contribution in [3.63, 3.8) is 0 Å². The largest absolute Gasteiger partial charge is 0.461 e. The molecule has 0 saturated carbocycles. The van der Waals surface area contributed by atoms with Gasteiger partial charge >= 0.3 is 11.9 Å². The van der Waals surface area contributed by atoms with Gasteiger partial charge in [-0.25, -0.2) is 9.59 Å². The molecule has 9 heavy (non-hydrogen) atoms. The fourth-order valence-corrected chi connectivity index (χ4v) is 0.167. The van der Waals surface area contributed by atoms with E-state index in [0.717, 1.165) is 14.2 Å². The Balaban J connectivity index is 0. The topological polar surface area (TPSA) is 84.1 Å². The predicted molar refractivity (Wildman–Crippen MR) is 27.6 cm³/mol. The van der Waals surface area contributed by atoms with Crippen LogP contribution < -0.4 is 0 Å². The monoisotopic (exact) mass is 136 g/mol. The highest BCUT2D eigenvalue weighted by Crippen LogP contribution is 1.75. The zero-order valence-electron chi connectivity index (χ0n) is 5.13. The molecule has 0 aliphatic carbocycles. The zero-order chi connectivity index (χ0) is 6.57. The van der Waals surface area contributed by atoms with Crippen molar-refractivity contribution in [2.75, 3.05) is 14.2 Å². The Hall–Kier alpha value is -1.10. The van der Waals surface area contributed by atoms with Crippen LogP contribution in [0.4, 0.5) is 0 Å². The maximum absolute atomic E-state index is 10.0. The zero-order valence-corrected chi connectivity index (χ0v) is 5.13. The molecule has 0 aromatic heterocycles. The van der Waals surface area contributed by atoms with Gasteiger partial charge in [0.05, 0.1) is 14.2 Å². The van der Waals surface area contributed by atoms with E-state index in [2.05, 4.69) is 9.47 Å². The van der Waals surface area contributed by atoms with Gasteiger partial charge in [0, 0.05) is 0 Å². The number of hydrogen-bond acceptors (Lipinski definition) is 4. The van der Waals surface area contributed by atoms with Crippen LogP contribution in [0.1, 0.15) is 0 Å². The van der Waals surface area contributed by atoms with Crippen LogP contribution in [0.3, 0.4) is 0 Å². The molecule has 5 nitrogen and oxygen atoms in total. The fourth-order valence-electron chi connectivity index (χ4n) is 0.167. The molecule has 54 valence electrons. The molecule has 0 atom stereocenters. The molecule has 0 spiro atoms. The third-order valence-electron chi connectivity index (χ3n) is 0.537. The van der Waals surface area contributed by atoms with E-state index in [4.69, 9.17) is 0 Å². The van der Waals surface area contributed by atoms with Crippen molar-refractivity contribution in [3.05, 3.63) is 0 Å². The van der Waals surface area contributed by atoms with Gasteiger partial charge in [0.25, 0.3) is 0 Å². The number of esters is 2. The first-order chi connectivity index (χ1) is 3.72. The van der Waals surface area contributed by atoms with Gasteiger partial charge in [-0.15, -0.1) is 0 Å². The molecule has 0 aliphatic rings. The molecule has 0 amide bonds. The predicted octanol–water partition coefficient (Wildman–Crippen LogP) is -1.49.